The largest absolute Gasteiger partial charge is 0.330 e. The van der Waals surface area contributed by atoms with Gasteiger partial charge in [-0.3, -0.25) is 0 Å². The van der Waals surface area contributed by atoms with Crippen LogP contribution < -0.4 is 5.73 Å². The molecule has 14 heavy (non-hydrogen) atoms. The Morgan fingerprint density at radius 1 is 1.29 bits per heavy atom. The number of nitrogens with zero attached hydrogens (tertiary/aromatic N) is 1. The van der Waals surface area contributed by atoms with Gasteiger partial charge in [-0.2, -0.15) is 0 Å². The Kier molecular flexibility index (Phi) is 6.31. The Bertz CT molecular complexity index is 237. The van der Waals surface area contributed by atoms with Crippen LogP contribution in [-0.4, -0.2) is 38.6 Å². The summed E-state index contributed by atoms with van der Waals surface area (Å²) in [4.78, 5) is 0. The van der Waals surface area contributed by atoms with Crippen LogP contribution in [0.5, 0.6) is 0 Å². The van der Waals surface area contributed by atoms with E-state index in [4.69, 9.17) is 5.73 Å². The van der Waals surface area contributed by atoms with E-state index >= 15 is 0 Å². The summed E-state index contributed by atoms with van der Waals surface area (Å²) in [5.41, 5.74) is 5.31. The zero-order valence-corrected chi connectivity index (χ0v) is 10.2. The molecule has 5 heteroatoms. The van der Waals surface area contributed by atoms with Gasteiger partial charge in [0.05, 0.1) is 5.75 Å². The first-order chi connectivity index (χ1) is 6.40. The Morgan fingerprint density at radius 2 is 1.86 bits per heavy atom. The van der Waals surface area contributed by atoms with Gasteiger partial charge in [-0.25, -0.2) is 12.7 Å². The minimum Gasteiger partial charge on any atom is -0.330 e. The average molecular weight is 222 g/mol. The minimum atomic E-state index is -3.05. The molecule has 0 aromatic carbocycles. The Hall–Kier alpha value is -0.130. The first-order valence-corrected chi connectivity index (χ1v) is 6.65. The van der Waals surface area contributed by atoms with Crippen LogP contribution in [0.1, 0.15) is 26.7 Å². The summed E-state index contributed by atoms with van der Waals surface area (Å²) in [5, 5.41) is 0. The topological polar surface area (TPSA) is 63.4 Å². The predicted molar refractivity (Wildman–Crippen MR) is 59.5 cm³/mol. The minimum absolute atomic E-state index is 0.216. The molecule has 0 aliphatic heterocycles. The summed E-state index contributed by atoms with van der Waals surface area (Å²) in [6.07, 6.45) is 1.43. The molecule has 0 bridgehead atoms. The number of unbranched alkanes of at least 4 members (excludes halogenated alkanes) is 1. The van der Waals surface area contributed by atoms with Crippen molar-refractivity contribution in [1.29, 1.82) is 0 Å². The summed E-state index contributed by atoms with van der Waals surface area (Å²) in [7, 11) is -1.41. The van der Waals surface area contributed by atoms with Crippen LogP contribution in [0.3, 0.4) is 0 Å². The summed E-state index contributed by atoms with van der Waals surface area (Å²) in [6.45, 7) is 5.16. The standard InChI is InChI=1S/C9H22N2O2S/c1-9(2)8-11(3)14(12,13)7-5-4-6-10/h9H,4-8,10H2,1-3H3. The molecule has 0 spiro atoms. The van der Waals surface area contributed by atoms with Crippen molar-refractivity contribution in [2.24, 2.45) is 11.7 Å². The lowest BCUT2D eigenvalue weighted by Crippen LogP contribution is -2.32. The van der Waals surface area contributed by atoms with Crippen molar-refractivity contribution in [2.75, 3.05) is 25.9 Å². The van der Waals surface area contributed by atoms with Gasteiger partial charge in [0, 0.05) is 13.6 Å². The second-order valence-electron chi connectivity index (χ2n) is 3.99. The number of nitrogens with two attached hydrogens (primary N) is 1. The molecule has 4 nitrogen and oxygen atoms in total. The lowest BCUT2D eigenvalue weighted by molar-refractivity contribution is 0.416. The van der Waals surface area contributed by atoms with Crippen molar-refractivity contribution in [1.82, 2.24) is 4.31 Å². The Labute approximate surface area is 87.5 Å². The summed E-state index contributed by atoms with van der Waals surface area (Å²) in [6, 6.07) is 0. The van der Waals surface area contributed by atoms with E-state index in [1.54, 1.807) is 7.05 Å². The summed E-state index contributed by atoms with van der Waals surface area (Å²) < 4.78 is 24.7. The zero-order valence-electron chi connectivity index (χ0n) is 9.36. The van der Waals surface area contributed by atoms with Crippen molar-refractivity contribution in [3.63, 3.8) is 0 Å². The highest BCUT2D eigenvalue weighted by atomic mass is 32.2. The van der Waals surface area contributed by atoms with Crippen molar-refractivity contribution in [3.8, 4) is 0 Å². The maximum Gasteiger partial charge on any atom is 0.213 e. The maximum atomic E-state index is 11.6. The fourth-order valence-corrected chi connectivity index (χ4v) is 2.62. The predicted octanol–water partition coefficient (Wildman–Crippen LogP) is 0.643. The van der Waals surface area contributed by atoms with Crippen LogP contribution in [0.2, 0.25) is 0 Å². The second kappa shape index (κ2) is 6.37. The molecule has 0 aromatic heterocycles. The maximum absolute atomic E-state index is 11.6. The van der Waals surface area contributed by atoms with Gasteiger partial charge in [-0.05, 0) is 25.3 Å². The molecule has 86 valence electrons. The molecule has 0 unspecified atom stereocenters. The van der Waals surface area contributed by atoms with Gasteiger partial charge >= 0.3 is 0 Å². The molecular formula is C9H22N2O2S. The van der Waals surface area contributed by atoms with E-state index in [0.29, 0.717) is 25.4 Å². The molecule has 0 aliphatic rings. The third kappa shape index (κ3) is 5.57. The summed E-state index contributed by atoms with van der Waals surface area (Å²) in [5.74, 6) is 0.581. The third-order valence-electron chi connectivity index (χ3n) is 1.95. The molecule has 2 N–H and O–H groups in total. The van der Waals surface area contributed by atoms with Crippen LogP contribution in [0.15, 0.2) is 0 Å². The molecule has 0 rings (SSSR count). The van der Waals surface area contributed by atoms with Crippen LogP contribution >= 0.6 is 0 Å². The molecule has 0 amide bonds. The van der Waals surface area contributed by atoms with E-state index in [0.717, 1.165) is 6.42 Å². The molecule has 0 fully saturated rings. The second-order valence-corrected chi connectivity index (χ2v) is 6.18. The van der Waals surface area contributed by atoms with Crippen LogP contribution in [0.4, 0.5) is 0 Å². The van der Waals surface area contributed by atoms with Crippen LogP contribution in [-0.2, 0) is 10.0 Å². The van der Waals surface area contributed by atoms with E-state index in [1.165, 1.54) is 4.31 Å². The quantitative estimate of drug-likeness (QED) is 0.643. The smallest absolute Gasteiger partial charge is 0.213 e. The van der Waals surface area contributed by atoms with E-state index in [9.17, 15) is 8.42 Å². The molecule has 0 aromatic rings. The van der Waals surface area contributed by atoms with Gasteiger partial charge in [-0.1, -0.05) is 13.8 Å². The molecule has 0 saturated heterocycles. The molecular weight excluding hydrogens is 200 g/mol. The SMILES string of the molecule is CC(C)CN(C)S(=O)(=O)CCCCN. The fraction of sp³-hybridized carbons (Fsp3) is 1.00. The van der Waals surface area contributed by atoms with Crippen LogP contribution in [0.25, 0.3) is 0 Å². The summed E-state index contributed by atoms with van der Waals surface area (Å²) >= 11 is 0. The molecule has 0 aliphatic carbocycles. The lowest BCUT2D eigenvalue weighted by atomic mass is 10.2. The first-order valence-electron chi connectivity index (χ1n) is 5.04. The highest BCUT2D eigenvalue weighted by Crippen LogP contribution is 2.05. The Morgan fingerprint density at radius 3 is 2.29 bits per heavy atom. The van der Waals surface area contributed by atoms with E-state index < -0.39 is 10.0 Å². The van der Waals surface area contributed by atoms with Gasteiger partial charge in [0.25, 0.3) is 0 Å². The first kappa shape index (κ1) is 13.9. The number of hydrogen-bond donors (Lipinski definition) is 1. The fourth-order valence-electron chi connectivity index (χ4n) is 1.21. The number of hydrogen-bond acceptors (Lipinski definition) is 3. The van der Waals surface area contributed by atoms with Gasteiger partial charge in [0.1, 0.15) is 0 Å². The monoisotopic (exact) mass is 222 g/mol. The van der Waals surface area contributed by atoms with Crippen LogP contribution in [0, 0.1) is 5.92 Å². The number of rotatable bonds is 7. The molecule has 0 saturated carbocycles. The van der Waals surface area contributed by atoms with Gasteiger partial charge < -0.3 is 5.73 Å². The zero-order chi connectivity index (χ0) is 11.2. The molecule has 0 heterocycles. The highest BCUT2D eigenvalue weighted by Gasteiger charge is 2.17. The van der Waals surface area contributed by atoms with Crippen molar-refractivity contribution < 1.29 is 8.42 Å². The van der Waals surface area contributed by atoms with E-state index in [1.807, 2.05) is 13.8 Å². The average Bonchev–Trinajstić information content (AvgIpc) is 2.03. The molecule has 0 radical (unpaired) electrons. The Balaban J connectivity index is 4.04. The van der Waals surface area contributed by atoms with E-state index in [-0.39, 0.29) is 5.75 Å². The van der Waals surface area contributed by atoms with Crippen molar-refractivity contribution in [2.45, 2.75) is 26.7 Å². The van der Waals surface area contributed by atoms with E-state index in [2.05, 4.69) is 0 Å². The highest BCUT2D eigenvalue weighted by molar-refractivity contribution is 7.89. The van der Waals surface area contributed by atoms with Crippen molar-refractivity contribution in [3.05, 3.63) is 0 Å². The van der Waals surface area contributed by atoms with Crippen molar-refractivity contribution >= 4 is 10.0 Å². The lowest BCUT2D eigenvalue weighted by Gasteiger charge is -2.18. The number of sulfonamides is 1. The van der Waals surface area contributed by atoms with Gasteiger partial charge in [0.15, 0.2) is 0 Å². The third-order valence-corrected chi connectivity index (χ3v) is 3.86. The van der Waals surface area contributed by atoms with Gasteiger partial charge in [-0.15, -0.1) is 0 Å². The molecule has 0 atom stereocenters. The normalized spacial score (nSPS) is 12.7. The van der Waals surface area contributed by atoms with Gasteiger partial charge in [0.2, 0.25) is 10.0 Å².